The van der Waals surface area contributed by atoms with E-state index in [1.54, 1.807) is 11.8 Å². The molecule has 2 nitrogen and oxygen atoms in total. The fourth-order valence-electron chi connectivity index (χ4n) is 2.22. The number of alkyl halides is 3. The van der Waals surface area contributed by atoms with E-state index in [0.717, 1.165) is 5.56 Å². The van der Waals surface area contributed by atoms with Crippen molar-refractivity contribution in [3.63, 3.8) is 0 Å². The zero-order valence-electron chi connectivity index (χ0n) is 9.95. The third-order valence-corrected chi connectivity index (χ3v) is 4.39. The minimum atomic E-state index is -1.01. The highest BCUT2D eigenvalue weighted by atomic mass is 35.5. The molecule has 2 atom stereocenters. The van der Waals surface area contributed by atoms with Crippen LogP contribution < -0.4 is 0 Å². The standard InChI is InChI=1S/C13H14Cl3NO/c1-13(16)10(11(14)15)8-17(12(13)18)7-9-5-3-2-4-6-9/h2-6,10-11H,7-8H2,1H3/t10-,13-/m0/s1. The van der Waals surface area contributed by atoms with Gasteiger partial charge in [-0.2, -0.15) is 0 Å². The van der Waals surface area contributed by atoms with Crippen molar-refractivity contribution in [3.8, 4) is 0 Å². The molecular formula is C13H14Cl3NO. The topological polar surface area (TPSA) is 20.3 Å². The Kier molecular flexibility index (Phi) is 4.10. The number of likely N-dealkylation sites (tertiary alicyclic amines) is 1. The summed E-state index contributed by atoms with van der Waals surface area (Å²) >= 11 is 18.1. The Morgan fingerprint density at radius 2 is 2.00 bits per heavy atom. The van der Waals surface area contributed by atoms with Crippen LogP contribution in [0.1, 0.15) is 12.5 Å². The van der Waals surface area contributed by atoms with E-state index in [1.165, 1.54) is 0 Å². The summed E-state index contributed by atoms with van der Waals surface area (Å²) in [5.74, 6) is -0.358. The number of amides is 1. The van der Waals surface area contributed by atoms with Crippen molar-refractivity contribution in [2.75, 3.05) is 6.54 Å². The van der Waals surface area contributed by atoms with Gasteiger partial charge in [-0.15, -0.1) is 34.8 Å². The first kappa shape index (κ1) is 14.0. The van der Waals surface area contributed by atoms with Crippen LogP contribution in [0.15, 0.2) is 30.3 Å². The Morgan fingerprint density at radius 3 is 2.50 bits per heavy atom. The van der Waals surface area contributed by atoms with Gasteiger partial charge in [0.05, 0.1) is 0 Å². The van der Waals surface area contributed by atoms with Crippen LogP contribution in [0.4, 0.5) is 0 Å². The van der Waals surface area contributed by atoms with Crippen molar-refractivity contribution in [2.45, 2.75) is 23.2 Å². The summed E-state index contributed by atoms with van der Waals surface area (Å²) < 4.78 is 0. The quantitative estimate of drug-likeness (QED) is 0.783. The Morgan fingerprint density at radius 1 is 1.39 bits per heavy atom. The van der Waals surface area contributed by atoms with Crippen LogP contribution in [0, 0.1) is 5.92 Å². The number of carbonyl (C=O) groups is 1. The zero-order chi connectivity index (χ0) is 13.3. The van der Waals surface area contributed by atoms with Crippen molar-refractivity contribution in [3.05, 3.63) is 35.9 Å². The van der Waals surface area contributed by atoms with Gasteiger partial charge in [-0.25, -0.2) is 0 Å². The summed E-state index contributed by atoms with van der Waals surface area (Å²) in [5.41, 5.74) is 1.07. The Bertz CT molecular complexity index is 433. The van der Waals surface area contributed by atoms with Crippen molar-refractivity contribution >= 4 is 40.7 Å². The monoisotopic (exact) mass is 305 g/mol. The number of rotatable bonds is 3. The molecule has 1 aromatic rings. The third kappa shape index (κ3) is 2.61. The molecule has 1 fully saturated rings. The molecule has 2 rings (SSSR count). The van der Waals surface area contributed by atoms with Crippen LogP contribution in [-0.2, 0) is 11.3 Å². The van der Waals surface area contributed by atoms with E-state index in [4.69, 9.17) is 34.8 Å². The van der Waals surface area contributed by atoms with Gasteiger partial charge in [-0.3, -0.25) is 4.79 Å². The van der Waals surface area contributed by atoms with Gasteiger partial charge in [0.2, 0.25) is 5.91 Å². The lowest BCUT2D eigenvalue weighted by atomic mass is 9.98. The molecule has 0 saturated carbocycles. The van der Waals surface area contributed by atoms with Gasteiger partial charge in [-0.1, -0.05) is 30.3 Å². The van der Waals surface area contributed by atoms with E-state index >= 15 is 0 Å². The first-order valence-corrected chi connectivity index (χ1v) is 6.98. The van der Waals surface area contributed by atoms with Gasteiger partial charge < -0.3 is 4.90 Å². The molecule has 1 aliphatic rings. The molecular weight excluding hydrogens is 293 g/mol. The predicted molar refractivity (Wildman–Crippen MR) is 75.1 cm³/mol. The van der Waals surface area contributed by atoms with E-state index in [-0.39, 0.29) is 11.8 Å². The first-order valence-electron chi connectivity index (χ1n) is 5.73. The molecule has 98 valence electrons. The molecule has 1 aliphatic heterocycles. The smallest absolute Gasteiger partial charge is 0.244 e. The normalized spacial score (nSPS) is 28.2. The SMILES string of the molecule is C[C@@]1(Cl)C(=O)N(Cc2ccccc2)C[C@H]1C(Cl)Cl. The van der Waals surface area contributed by atoms with Gasteiger partial charge in [-0.05, 0) is 12.5 Å². The van der Waals surface area contributed by atoms with Crippen LogP contribution in [-0.4, -0.2) is 27.1 Å². The fourth-order valence-corrected chi connectivity index (χ4v) is 3.32. The highest BCUT2D eigenvalue weighted by molar-refractivity contribution is 6.46. The van der Waals surface area contributed by atoms with Crippen molar-refractivity contribution in [1.82, 2.24) is 4.90 Å². The fraction of sp³-hybridized carbons (Fsp3) is 0.462. The Balaban J connectivity index is 2.15. The summed E-state index contributed by atoms with van der Waals surface area (Å²) in [6.45, 7) is 2.72. The van der Waals surface area contributed by atoms with E-state index in [0.29, 0.717) is 13.1 Å². The van der Waals surface area contributed by atoms with Crippen LogP contribution in [0.3, 0.4) is 0 Å². The minimum Gasteiger partial charge on any atom is -0.336 e. The van der Waals surface area contributed by atoms with Crippen molar-refractivity contribution < 1.29 is 4.79 Å². The third-order valence-electron chi connectivity index (χ3n) is 3.34. The summed E-state index contributed by atoms with van der Waals surface area (Å²) in [4.78, 5) is 12.3. The van der Waals surface area contributed by atoms with Crippen LogP contribution in [0.2, 0.25) is 0 Å². The second-order valence-electron chi connectivity index (χ2n) is 4.69. The number of carbonyl (C=O) groups excluding carboxylic acids is 1. The number of nitrogens with zero attached hydrogens (tertiary/aromatic N) is 1. The van der Waals surface area contributed by atoms with Crippen LogP contribution in [0.25, 0.3) is 0 Å². The number of hydrogen-bond acceptors (Lipinski definition) is 1. The van der Waals surface area contributed by atoms with Gasteiger partial charge >= 0.3 is 0 Å². The molecule has 0 radical (unpaired) electrons. The summed E-state index contributed by atoms with van der Waals surface area (Å²) in [6.07, 6.45) is 0. The summed E-state index contributed by atoms with van der Waals surface area (Å²) in [7, 11) is 0. The largest absolute Gasteiger partial charge is 0.336 e. The molecule has 0 aromatic heterocycles. The van der Waals surface area contributed by atoms with Crippen LogP contribution in [0.5, 0.6) is 0 Å². The number of halogens is 3. The molecule has 1 saturated heterocycles. The predicted octanol–water partition coefficient (Wildman–Crippen LogP) is 3.45. The zero-order valence-corrected chi connectivity index (χ0v) is 12.2. The Hall–Kier alpha value is -0.440. The maximum Gasteiger partial charge on any atom is 0.244 e. The maximum atomic E-state index is 12.2. The first-order chi connectivity index (χ1) is 8.43. The molecule has 0 bridgehead atoms. The lowest BCUT2D eigenvalue weighted by molar-refractivity contribution is -0.130. The Labute approximate surface area is 122 Å². The second-order valence-corrected chi connectivity index (χ2v) is 6.64. The average molecular weight is 307 g/mol. The van der Waals surface area contributed by atoms with E-state index in [9.17, 15) is 4.79 Å². The number of hydrogen-bond donors (Lipinski definition) is 0. The molecule has 1 amide bonds. The van der Waals surface area contributed by atoms with Gasteiger partial charge in [0.1, 0.15) is 9.71 Å². The summed E-state index contributed by atoms with van der Waals surface area (Å²) in [5, 5.41) is 0. The lowest BCUT2D eigenvalue weighted by Gasteiger charge is -2.21. The summed E-state index contributed by atoms with van der Waals surface area (Å²) in [6, 6.07) is 9.78. The molecule has 1 heterocycles. The van der Waals surface area contributed by atoms with Crippen LogP contribution >= 0.6 is 34.8 Å². The highest BCUT2D eigenvalue weighted by Gasteiger charge is 2.51. The minimum absolute atomic E-state index is 0.107. The number of benzene rings is 1. The lowest BCUT2D eigenvalue weighted by Crippen LogP contribution is -2.36. The second kappa shape index (κ2) is 5.28. The maximum absolute atomic E-state index is 12.2. The average Bonchev–Trinajstić information content (AvgIpc) is 2.54. The van der Waals surface area contributed by atoms with Gasteiger partial charge in [0, 0.05) is 19.0 Å². The highest BCUT2D eigenvalue weighted by Crippen LogP contribution is 2.40. The van der Waals surface area contributed by atoms with E-state index < -0.39 is 9.71 Å². The molecule has 0 spiro atoms. The van der Waals surface area contributed by atoms with E-state index in [1.807, 2.05) is 30.3 Å². The molecule has 5 heteroatoms. The van der Waals surface area contributed by atoms with Crippen molar-refractivity contribution in [1.29, 1.82) is 0 Å². The van der Waals surface area contributed by atoms with Gasteiger partial charge in [0.25, 0.3) is 0 Å². The molecule has 0 aliphatic carbocycles. The molecule has 0 unspecified atom stereocenters. The molecule has 0 N–H and O–H groups in total. The molecule has 18 heavy (non-hydrogen) atoms. The molecule has 1 aromatic carbocycles. The van der Waals surface area contributed by atoms with Crippen molar-refractivity contribution in [2.24, 2.45) is 5.92 Å². The van der Waals surface area contributed by atoms with E-state index in [2.05, 4.69) is 0 Å². The van der Waals surface area contributed by atoms with Gasteiger partial charge in [0.15, 0.2) is 0 Å².